The van der Waals surface area contributed by atoms with Gasteiger partial charge < -0.3 is 11.1 Å². The third kappa shape index (κ3) is 4.63. The first kappa shape index (κ1) is 18.6. The van der Waals surface area contributed by atoms with Gasteiger partial charge in [-0.2, -0.15) is 0 Å². The van der Waals surface area contributed by atoms with Gasteiger partial charge in [0.25, 0.3) is 5.91 Å². The van der Waals surface area contributed by atoms with Crippen LogP contribution in [-0.4, -0.2) is 15.9 Å². The molecule has 2 rings (SSSR count). The number of hydrogen-bond donors (Lipinski definition) is 2. The van der Waals surface area contributed by atoms with Gasteiger partial charge in [-0.3, -0.25) is 9.78 Å². The number of amides is 1. The highest BCUT2D eigenvalue weighted by Crippen LogP contribution is 2.13. The molecular formula is C12H16Cl2N4OS. The molecule has 2 aromatic heterocycles. The molecule has 5 nitrogen and oxygen atoms in total. The number of carbonyl (C=O) groups excluding carboxylic acids is 1. The predicted molar refractivity (Wildman–Crippen MR) is 85.8 cm³/mol. The van der Waals surface area contributed by atoms with Crippen molar-refractivity contribution in [3.8, 4) is 0 Å². The quantitative estimate of drug-likeness (QED) is 0.899. The molecule has 0 radical (unpaired) electrons. The van der Waals surface area contributed by atoms with Crippen LogP contribution >= 0.6 is 36.2 Å². The SMILES string of the molecule is CCc1cnc(CNC(=O)c2cnccc2N)s1.Cl.Cl. The first-order valence-corrected chi connectivity index (χ1v) is 6.43. The van der Waals surface area contributed by atoms with E-state index in [0.717, 1.165) is 11.4 Å². The lowest BCUT2D eigenvalue weighted by atomic mass is 10.2. The number of nitrogens with one attached hydrogen (secondary N) is 1. The molecule has 0 fully saturated rings. The van der Waals surface area contributed by atoms with Crippen molar-refractivity contribution in [2.75, 3.05) is 5.73 Å². The maximum Gasteiger partial charge on any atom is 0.255 e. The lowest BCUT2D eigenvalue weighted by Crippen LogP contribution is -2.23. The van der Waals surface area contributed by atoms with Crippen molar-refractivity contribution in [2.24, 2.45) is 0 Å². The maximum absolute atomic E-state index is 11.9. The Morgan fingerprint density at radius 3 is 2.75 bits per heavy atom. The third-order valence-electron chi connectivity index (χ3n) is 2.45. The Bertz CT molecular complexity index is 562. The molecule has 20 heavy (non-hydrogen) atoms. The van der Waals surface area contributed by atoms with E-state index in [9.17, 15) is 4.79 Å². The summed E-state index contributed by atoms with van der Waals surface area (Å²) >= 11 is 1.60. The molecular weight excluding hydrogens is 319 g/mol. The molecule has 0 aliphatic carbocycles. The molecule has 0 aliphatic rings. The summed E-state index contributed by atoms with van der Waals surface area (Å²) in [6.45, 7) is 2.49. The van der Waals surface area contributed by atoms with E-state index in [0.29, 0.717) is 17.8 Å². The van der Waals surface area contributed by atoms with Crippen LogP contribution in [0.2, 0.25) is 0 Å². The molecule has 110 valence electrons. The van der Waals surface area contributed by atoms with Gasteiger partial charge in [0, 0.05) is 29.2 Å². The highest BCUT2D eigenvalue weighted by molar-refractivity contribution is 7.11. The van der Waals surface area contributed by atoms with Crippen LogP contribution in [0, 0.1) is 0 Å². The smallest absolute Gasteiger partial charge is 0.255 e. The van der Waals surface area contributed by atoms with E-state index in [1.54, 1.807) is 23.6 Å². The van der Waals surface area contributed by atoms with Crippen LogP contribution in [0.15, 0.2) is 24.7 Å². The summed E-state index contributed by atoms with van der Waals surface area (Å²) in [7, 11) is 0. The topological polar surface area (TPSA) is 80.9 Å². The number of thiazole rings is 1. The molecule has 0 unspecified atom stereocenters. The zero-order valence-corrected chi connectivity index (χ0v) is 13.3. The Morgan fingerprint density at radius 2 is 2.15 bits per heavy atom. The van der Waals surface area contributed by atoms with Gasteiger partial charge in [-0.15, -0.1) is 36.2 Å². The Labute approximate surface area is 133 Å². The third-order valence-corrected chi connectivity index (χ3v) is 3.59. The number of aryl methyl sites for hydroxylation is 1. The summed E-state index contributed by atoms with van der Waals surface area (Å²) in [4.78, 5) is 21.2. The second-order valence-electron chi connectivity index (χ2n) is 3.72. The minimum absolute atomic E-state index is 0. The van der Waals surface area contributed by atoms with Crippen LogP contribution < -0.4 is 11.1 Å². The van der Waals surface area contributed by atoms with Gasteiger partial charge in [0.1, 0.15) is 5.01 Å². The van der Waals surface area contributed by atoms with Gasteiger partial charge in [-0.25, -0.2) is 4.98 Å². The fraction of sp³-hybridized carbons (Fsp3) is 0.250. The summed E-state index contributed by atoms with van der Waals surface area (Å²) in [5.41, 5.74) is 6.52. The average Bonchev–Trinajstić information content (AvgIpc) is 2.84. The molecule has 0 saturated heterocycles. The van der Waals surface area contributed by atoms with Crippen molar-refractivity contribution < 1.29 is 4.79 Å². The molecule has 8 heteroatoms. The lowest BCUT2D eigenvalue weighted by molar-refractivity contribution is 0.0951. The first-order valence-electron chi connectivity index (χ1n) is 5.62. The number of anilines is 1. The highest BCUT2D eigenvalue weighted by Gasteiger charge is 2.10. The van der Waals surface area contributed by atoms with Crippen LogP contribution in [0.25, 0.3) is 0 Å². The summed E-state index contributed by atoms with van der Waals surface area (Å²) < 4.78 is 0. The summed E-state index contributed by atoms with van der Waals surface area (Å²) in [6, 6.07) is 1.60. The number of nitrogens with zero attached hydrogens (tertiary/aromatic N) is 2. The molecule has 0 aliphatic heterocycles. The van der Waals surface area contributed by atoms with Gasteiger partial charge in [0.15, 0.2) is 0 Å². The standard InChI is InChI=1S/C12H14N4OS.2ClH/c1-2-8-5-15-11(18-8)7-16-12(17)9-6-14-4-3-10(9)13;;/h3-6H,2,7H2,1H3,(H2,13,14)(H,16,17);2*1H. The van der Waals surface area contributed by atoms with Gasteiger partial charge in [0.05, 0.1) is 12.1 Å². The molecule has 0 saturated carbocycles. The molecule has 0 aromatic carbocycles. The number of nitrogen functional groups attached to an aromatic ring is 1. The van der Waals surface area contributed by atoms with E-state index in [4.69, 9.17) is 5.73 Å². The highest BCUT2D eigenvalue weighted by atomic mass is 35.5. The van der Waals surface area contributed by atoms with Crippen LogP contribution in [-0.2, 0) is 13.0 Å². The van der Waals surface area contributed by atoms with Crippen LogP contribution in [0.3, 0.4) is 0 Å². The zero-order valence-electron chi connectivity index (χ0n) is 10.8. The molecule has 0 atom stereocenters. The molecule has 3 N–H and O–H groups in total. The van der Waals surface area contributed by atoms with E-state index in [2.05, 4.69) is 22.2 Å². The van der Waals surface area contributed by atoms with Gasteiger partial charge in [-0.1, -0.05) is 6.92 Å². The Kier molecular flexibility index (Phi) is 8.13. The molecule has 0 spiro atoms. The number of hydrogen-bond acceptors (Lipinski definition) is 5. The number of carbonyl (C=O) groups is 1. The van der Waals surface area contributed by atoms with E-state index in [1.807, 2.05) is 6.20 Å². The van der Waals surface area contributed by atoms with Gasteiger partial charge in [0.2, 0.25) is 0 Å². The van der Waals surface area contributed by atoms with Crippen LogP contribution in [0.1, 0.15) is 27.2 Å². The van der Waals surface area contributed by atoms with E-state index >= 15 is 0 Å². The number of halogens is 2. The van der Waals surface area contributed by atoms with Crippen LogP contribution in [0.5, 0.6) is 0 Å². The van der Waals surface area contributed by atoms with Crippen molar-refractivity contribution >= 4 is 47.7 Å². The van der Waals surface area contributed by atoms with Crippen molar-refractivity contribution in [3.05, 3.63) is 40.1 Å². The predicted octanol–water partition coefficient (Wildman–Crippen LogP) is 2.46. The van der Waals surface area contributed by atoms with Crippen molar-refractivity contribution in [1.29, 1.82) is 0 Å². The molecule has 1 amide bonds. The zero-order chi connectivity index (χ0) is 13.0. The Hall–Kier alpha value is -1.37. The van der Waals surface area contributed by atoms with Gasteiger partial charge >= 0.3 is 0 Å². The molecule has 2 heterocycles. The Morgan fingerprint density at radius 1 is 1.40 bits per heavy atom. The maximum atomic E-state index is 11.9. The fourth-order valence-electron chi connectivity index (χ4n) is 1.44. The summed E-state index contributed by atoms with van der Waals surface area (Å²) in [5, 5.41) is 3.67. The second kappa shape index (κ2) is 8.73. The average molecular weight is 335 g/mol. The number of aromatic nitrogens is 2. The van der Waals surface area contributed by atoms with Crippen LogP contribution in [0.4, 0.5) is 5.69 Å². The number of pyridine rings is 1. The number of rotatable bonds is 4. The number of nitrogens with two attached hydrogens (primary N) is 1. The summed E-state index contributed by atoms with van der Waals surface area (Å²) in [5.74, 6) is -0.228. The first-order chi connectivity index (χ1) is 8.70. The molecule has 2 aromatic rings. The summed E-state index contributed by atoms with van der Waals surface area (Å²) in [6.07, 6.45) is 5.82. The van der Waals surface area contributed by atoms with Crippen molar-refractivity contribution in [2.45, 2.75) is 19.9 Å². The second-order valence-corrected chi connectivity index (χ2v) is 4.92. The van der Waals surface area contributed by atoms with Crippen molar-refractivity contribution in [1.82, 2.24) is 15.3 Å². The Balaban J connectivity index is 0.00000180. The monoisotopic (exact) mass is 334 g/mol. The van der Waals surface area contributed by atoms with Crippen molar-refractivity contribution in [3.63, 3.8) is 0 Å². The fourth-order valence-corrected chi connectivity index (χ4v) is 2.24. The lowest BCUT2D eigenvalue weighted by Gasteiger charge is -2.04. The van der Waals surface area contributed by atoms with E-state index in [-0.39, 0.29) is 30.7 Å². The normalized spacial score (nSPS) is 9.25. The minimum Gasteiger partial charge on any atom is -0.398 e. The van der Waals surface area contributed by atoms with Gasteiger partial charge in [-0.05, 0) is 12.5 Å². The largest absolute Gasteiger partial charge is 0.398 e. The molecule has 0 bridgehead atoms. The van der Waals surface area contributed by atoms with E-state index < -0.39 is 0 Å². The minimum atomic E-state index is -0.228. The van der Waals surface area contributed by atoms with E-state index in [1.165, 1.54) is 11.1 Å².